The molecule has 2 amide bonds. The van der Waals surface area contributed by atoms with Gasteiger partial charge in [0, 0.05) is 74.0 Å². The molecule has 12 nitrogen and oxygen atoms in total. The van der Waals surface area contributed by atoms with Crippen molar-refractivity contribution >= 4 is 29.2 Å². The number of nitrogens with two attached hydrogens (primary N) is 3. The lowest BCUT2D eigenvalue weighted by Gasteiger charge is -2.32. The highest BCUT2D eigenvalue weighted by Gasteiger charge is 2.36. The first kappa shape index (κ1) is 49.3. The summed E-state index contributed by atoms with van der Waals surface area (Å²) in [5.74, 6) is -1.79. The second-order valence-corrected chi connectivity index (χ2v) is 17.1. The highest BCUT2D eigenvalue weighted by Crippen LogP contribution is 2.41. The standard InChI is InChI=1S/C52H67N5O7/c1-5-6-8-36-11-14-38(15-12-36)39-16-18-40(19-17-39)46(59)33-42(9-7-24-53)52(62)57(4)50-41-20-23-49(64-28-26-55)45(32-41)44-31-37(13-22-48(44)63-27-25-54)30-43(21-10-35(3)58)56-51(61)34(2)29-47(50)60/h11-20,22-23,31-32,34,42-43,50H,5-10,21,24-30,33,53-55H2,1-4H3,(H,56,61)/t34-,42-,43-,50+/m1/s1. The molecule has 0 radical (unpaired) electrons. The minimum atomic E-state index is -1.14. The predicted octanol–water partition coefficient (Wildman–Crippen LogP) is 7.17. The SMILES string of the molecule is CCCCc1ccc(-c2ccc(C(=O)C[C@@H](CCCN)C(=O)N(C)[C@@H]3C(=O)C[C@@H](C)C(=O)N[C@H](CCC(C)=O)Cc4ccc(OCCN)c(c4)-c4cc3ccc4OCCN)cc2)cc1. The zero-order valence-electron chi connectivity index (χ0n) is 38.0. The first-order valence-corrected chi connectivity index (χ1v) is 22.8. The second kappa shape index (κ2) is 24.4. The van der Waals surface area contributed by atoms with E-state index in [9.17, 15) is 24.0 Å². The molecule has 342 valence electrons. The average Bonchev–Trinajstić information content (AvgIpc) is 3.30. The number of Topliss-reactive ketones (excluding diaryl/α,β-unsaturated/α-hetero) is 3. The number of hydrogen-bond acceptors (Lipinski definition) is 10. The Morgan fingerprint density at radius 3 is 2.03 bits per heavy atom. The molecule has 0 aliphatic carbocycles. The number of carbonyl (C=O) groups is 5. The molecule has 0 unspecified atom stereocenters. The van der Waals surface area contributed by atoms with Gasteiger partial charge in [0.15, 0.2) is 11.6 Å². The van der Waals surface area contributed by atoms with Gasteiger partial charge in [-0.1, -0.05) is 80.9 Å². The fraction of sp³-hybridized carbons (Fsp3) is 0.442. The van der Waals surface area contributed by atoms with Gasteiger partial charge in [-0.15, -0.1) is 0 Å². The Hall–Kier alpha value is -5.69. The minimum Gasteiger partial charge on any atom is -0.492 e. The molecule has 4 aromatic carbocycles. The van der Waals surface area contributed by atoms with E-state index >= 15 is 0 Å². The molecule has 4 bridgehead atoms. The van der Waals surface area contributed by atoms with Crippen molar-refractivity contribution in [2.24, 2.45) is 29.0 Å². The third-order valence-corrected chi connectivity index (χ3v) is 11.9. The third kappa shape index (κ3) is 13.4. The molecule has 12 heteroatoms. The maximum Gasteiger partial charge on any atom is 0.226 e. The van der Waals surface area contributed by atoms with E-state index in [0.29, 0.717) is 66.0 Å². The van der Waals surface area contributed by atoms with Crippen LogP contribution in [0.4, 0.5) is 0 Å². The number of hydrogen-bond donors (Lipinski definition) is 4. The molecule has 7 N–H and O–H groups in total. The van der Waals surface area contributed by atoms with Gasteiger partial charge in [-0.05, 0) is 104 Å². The summed E-state index contributed by atoms with van der Waals surface area (Å²) in [7, 11) is 1.58. The fourth-order valence-electron chi connectivity index (χ4n) is 8.32. The molecule has 0 aromatic heterocycles. The maximum atomic E-state index is 14.8. The smallest absolute Gasteiger partial charge is 0.226 e. The minimum absolute atomic E-state index is 0.000594. The first-order chi connectivity index (χ1) is 30.9. The lowest BCUT2D eigenvalue weighted by atomic mass is 9.88. The lowest BCUT2D eigenvalue weighted by molar-refractivity contribution is -0.142. The molecule has 0 saturated heterocycles. The highest BCUT2D eigenvalue weighted by atomic mass is 16.5. The summed E-state index contributed by atoms with van der Waals surface area (Å²) < 4.78 is 12.3. The van der Waals surface area contributed by atoms with Gasteiger partial charge in [0.2, 0.25) is 11.8 Å². The summed E-state index contributed by atoms with van der Waals surface area (Å²) in [5.41, 5.74) is 24.2. The predicted molar refractivity (Wildman–Crippen MR) is 252 cm³/mol. The molecule has 0 fully saturated rings. The van der Waals surface area contributed by atoms with E-state index in [-0.39, 0.29) is 74.7 Å². The average molecular weight is 874 g/mol. The Kier molecular flexibility index (Phi) is 18.8. The van der Waals surface area contributed by atoms with Crippen molar-refractivity contribution < 1.29 is 33.4 Å². The third-order valence-electron chi connectivity index (χ3n) is 11.9. The van der Waals surface area contributed by atoms with E-state index < -0.39 is 23.9 Å². The number of amides is 2. The molecular formula is C52H67N5O7. The van der Waals surface area contributed by atoms with Gasteiger partial charge in [0.05, 0.1) is 0 Å². The topological polar surface area (TPSA) is 197 Å². The molecule has 1 heterocycles. The number of ketones is 3. The molecular weight excluding hydrogens is 807 g/mol. The van der Waals surface area contributed by atoms with Crippen LogP contribution in [-0.2, 0) is 32.0 Å². The largest absolute Gasteiger partial charge is 0.492 e. The monoisotopic (exact) mass is 874 g/mol. The number of likely N-dealkylation sites (N-methyl/N-ethyl adjacent to an activating group) is 1. The van der Waals surface area contributed by atoms with Gasteiger partial charge < -0.3 is 41.7 Å². The maximum absolute atomic E-state index is 14.8. The summed E-state index contributed by atoms with van der Waals surface area (Å²) >= 11 is 0. The van der Waals surface area contributed by atoms with Crippen LogP contribution in [0.15, 0.2) is 84.9 Å². The van der Waals surface area contributed by atoms with Crippen LogP contribution in [0.3, 0.4) is 0 Å². The molecule has 4 aromatic rings. The number of unbranched alkanes of at least 4 members (excludes halogenated alkanes) is 1. The molecule has 64 heavy (non-hydrogen) atoms. The van der Waals surface area contributed by atoms with E-state index in [1.807, 2.05) is 36.4 Å². The Morgan fingerprint density at radius 1 is 0.797 bits per heavy atom. The van der Waals surface area contributed by atoms with E-state index in [2.05, 4.69) is 36.5 Å². The van der Waals surface area contributed by atoms with E-state index in [4.69, 9.17) is 26.7 Å². The Balaban J connectivity index is 1.53. The Morgan fingerprint density at radius 2 is 1.42 bits per heavy atom. The first-order valence-electron chi connectivity index (χ1n) is 22.8. The van der Waals surface area contributed by atoms with Crippen LogP contribution in [0, 0.1) is 11.8 Å². The molecule has 1 aliphatic rings. The van der Waals surface area contributed by atoms with Crippen molar-refractivity contribution in [3.05, 3.63) is 107 Å². The van der Waals surface area contributed by atoms with Crippen LogP contribution in [-0.4, -0.2) is 80.0 Å². The summed E-state index contributed by atoms with van der Waals surface area (Å²) in [6.07, 6.45) is 4.98. The van der Waals surface area contributed by atoms with E-state index in [1.165, 1.54) is 17.4 Å². The second-order valence-electron chi connectivity index (χ2n) is 17.1. The summed E-state index contributed by atoms with van der Waals surface area (Å²) in [6.45, 7) is 6.68. The van der Waals surface area contributed by atoms with Gasteiger partial charge in [0.25, 0.3) is 0 Å². The Labute approximate surface area is 378 Å². The van der Waals surface area contributed by atoms with Gasteiger partial charge >= 0.3 is 0 Å². The number of nitrogens with zero attached hydrogens (tertiary/aromatic N) is 1. The van der Waals surface area contributed by atoms with Gasteiger partial charge in [-0.3, -0.25) is 19.2 Å². The van der Waals surface area contributed by atoms with Crippen molar-refractivity contribution in [3.8, 4) is 33.8 Å². The molecule has 5 rings (SSSR count). The summed E-state index contributed by atoms with van der Waals surface area (Å²) in [5, 5.41) is 3.11. The fourth-order valence-corrected chi connectivity index (χ4v) is 8.32. The van der Waals surface area contributed by atoms with Crippen molar-refractivity contribution in [2.75, 3.05) is 39.9 Å². The van der Waals surface area contributed by atoms with E-state index in [1.54, 1.807) is 38.2 Å². The number of benzene rings is 4. The van der Waals surface area contributed by atoms with Crippen LogP contribution in [0.25, 0.3) is 22.3 Å². The van der Waals surface area contributed by atoms with E-state index in [0.717, 1.165) is 36.0 Å². The van der Waals surface area contributed by atoms with Gasteiger partial charge in [0.1, 0.15) is 36.5 Å². The van der Waals surface area contributed by atoms with Crippen molar-refractivity contribution in [1.82, 2.24) is 10.2 Å². The number of aryl methyl sites for hydroxylation is 1. The Bertz CT molecular complexity index is 2210. The van der Waals surface area contributed by atoms with Crippen LogP contribution < -0.4 is 32.0 Å². The molecule has 4 atom stereocenters. The van der Waals surface area contributed by atoms with Crippen LogP contribution >= 0.6 is 0 Å². The zero-order valence-corrected chi connectivity index (χ0v) is 38.0. The van der Waals surface area contributed by atoms with Crippen molar-refractivity contribution in [2.45, 2.75) is 97.1 Å². The molecule has 0 saturated carbocycles. The summed E-state index contributed by atoms with van der Waals surface area (Å²) in [4.78, 5) is 70.8. The molecule has 0 spiro atoms. The summed E-state index contributed by atoms with van der Waals surface area (Å²) in [6, 6.07) is 25.4. The lowest BCUT2D eigenvalue weighted by Crippen LogP contribution is -2.43. The molecule has 1 aliphatic heterocycles. The highest BCUT2D eigenvalue weighted by molar-refractivity contribution is 6.00. The van der Waals surface area contributed by atoms with Gasteiger partial charge in [-0.2, -0.15) is 0 Å². The van der Waals surface area contributed by atoms with Crippen molar-refractivity contribution in [1.29, 1.82) is 0 Å². The zero-order chi connectivity index (χ0) is 46.2. The van der Waals surface area contributed by atoms with Crippen LogP contribution in [0.2, 0.25) is 0 Å². The number of nitrogens with one attached hydrogen (secondary N) is 1. The quantitative estimate of drug-likeness (QED) is 0.0623. The van der Waals surface area contributed by atoms with Crippen LogP contribution in [0.1, 0.15) is 105 Å². The number of ether oxygens (including phenoxy) is 2. The van der Waals surface area contributed by atoms with Crippen LogP contribution in [0.5, 0.6) is 11.5 Å². The number of rotatable bonds is 21. The number of carbonyl (C=O) groups excluding carboxylic acids is 5. The van der Waals surface area contributed by atoms with Crippen molar-refractivity contribution in [3.63, 3.8) is 0 Å². The van der Waals surface area contributed by atoms with Gasteiger partial charge in [-0.25, -0.2) is 0 Å². The normalized spacial score (nSPS) is 16.9. The number of fused-ring (bicyclic) bond motifs is 5.